The normalized spacial score (nSPS) is 13.9. The van der Waals surface area contributed by atoms with Crippen molar-refractivity contribution in [3.8, 4) is 0 Å². The third-order valence-corrected chi connectivity index (χ3v) is 1.31. The molecule has 1 atom stereocenters. The lowest BCUT2D eigenvalue weighted by molar-refractivity contribution is 0.331. The number of hydrogen-bond acceptors (Lipinski definition) is 2. The fraction of sp³-hybridized carbons (Fsp3) is 0.714. The highest BCUT2D eigenvalue weighted by atomic mass is 16.3. The Bertz CT molecular complexity index is 182. The van der Waals surface area contributed by atoms with Gasteiger partial charge in [-0.25, -0.2) is 0 Å². The van der Waals surface area contributed by atoms with Crippen molar-refractivity contribution < 1.29 is 5.11 Å². The standard InChI is InChI=1S/C7H13N3O/c1-6(5-11)3-4-7(2)9-10-8/h3,7,11H,4-5H2,1-2H3/b6-3+/t7-/m0/s1. The van der Waals surface area contributed by atoms with Crippen molar-refractivity contribution in [2.75, 3.05) is 6.61 Å². The van der Waals surface area contributed by atoms with E-state index in [4.69, 9.17) is 10.6 Å². The maximum Gasteiger partial charge on any atom is 0.0639 e. The first-order valence-electron chi connectivity index (χ1n) is 3.51. The van der Waals surface area contributed by atoms with Crippen molar-refractivity contribution >= 4 is 0 Å². The van der Waals surface area contributed by atoms with Crippen molar-refractivity contribution in [3.63, 3.8) is 0 Å². The van der Waals surface area contributed by atoms with E-state index in [1.165, 1.54) is 0 Å². The van der Waals surface area contributed by atoms with E-state index in [1.807, 2.05) is 19.9 Å². The smallest absolute Gasteiger partial charge is 0.0639 e. The quantitative estimate of drug-likeness (QED) is 0.287. The molecule has 11 heavy (non-hydrogen) atoms. The van der Waals surface area contributed by atoms with E-state index in [1.54, 1.807) is 0 Å². The molecule has 0 bridgehead atoms. The van der Waals surface area contributed by atoms with Gasteiger partial charge in [-0.1, -0.05) is 23.7 Å². The number of hydrogen-bond donors (Lipinski definition) is 1. The Morgan fingerprint density at radius 1 is 1.82 bits per heavy atom. The first-order chi connectivity index (χ1) is 5.20. The van der Waals surface area contributed by atoms with Gasteiger partial charge in [-0.15, -0.1) is 0 Å². The van der Waals surface area contributed by atoms with Crippen LogP contribution >= 0.6 is 0 Å². The highest BCUT2D eigenvalue weighted by molar-refractivity contribution is 4.98. The molecule has 0 amide bonds. The Kier molecular flexibility index (Phi) is 5.25. The zero-order valence-corrected chi connectivity index (χ0v) is 6.86. The van der Waals surface area contributed by atoms with Gasteiger partial charge in [0.15, 0.2) is 0 Å². The summed E-state index contributed by atoms with van der Waals surface area (Å²) < 4.78 is 0. The molecule has 0 saturated carbocycles. The Hall–Kier alpha value is -0.990. The summed E-state index contributed by atoms with van der Waals surface area (Å²) in [6.45, 7) is 3.74. The van der Waals surface area contributed by atoms with Crippen LogP contribution in [-0.4, -0.2) is 17.8 Å². The van der Waals surface area contributed by atoms with E-state index in [9.17, 15) is 0 Å². The molecule has 4 heteroatoms. The summed E-state index contributed by atoms with van der Waals surface area (Å²) in [6, 6.07) is -0.0264. The van der Waals surface area contributed by atoms with E-state index >= 15 is 0 Å². The first-order valence-corrected chi connectivity index (χ1v) is 3.51. The van der Waals surface area contributed by atoms with Crippen LogP contribution in [0.5, 0.6) is 0 Å². The van der Waals surface area contributed by atoms with Gasteiger partial charge in [0.1, 0.15) is 0 Å². The minimum Gasteiger partial charge on any atom is -0.392 e. The highest BCUT2D eigenvalue weighted by Gasteiger charge is 1.94. The van der Waals surface area contributed by atoms with Crippen molar-refractivity contribution in [2.45, 2.75) is 26.3 Å². The molecule has 0 aromatic carbocycles. The van der Waals surface area contributed by atoms with E-state index in [2.05, 4.69) is 10.0 Å². The molecule has 0 aromatic rings. The maximum atomic E-state index is 8.61. The van der Waals surface area contributed by atoms with Crippen LogP contribution in [0.4, 0.5) is 0 Å². The average molecular weight is 155 g/mol. The third kappa shape index (κ3) is 5.45. The van der Waals surface area contributed by atoms with E-state index < -0.39 is 0 Å². The van der Waals surface area contributed by atoms with E-state index in [0.717, 1.165) is 5.57 Å². The maximum absolute atomic E-state index is 8.61. The van der Waals surface area contributed by atoms with Crippen molar-refractivity contribution in [3.05, 3.63) is 22.1 Å². The minimum atomic E-state index is -0.0264. The van der Waals surface area contributed by atoms with Crippen molar-refractivity contribution in [1.82, 2.24) is 0 Å². The Labute approximate surface area is 66.2 Å². The predicted molar refractivity (Wildman–Crippen MR) is 44.1 cm³/mol. The van der Waals surface area contributed by atoms with Crippen LogP contribution in [0.25, 0.3) is 10.4 Å². The van der Waals surface area contributed by atoms with Gasteiger partial charge in [0.25, 0.3) is 0 Å². The molecule has 0 fully saturated rings. The molecule has 4 nitrogen and oxygen atoms in total. The molecule has 0 unspecified atom stereocenters. The SMILES string of the molecule is C/C(=C\C[C@H](C)N=[N+]=[N-])CO. The summed E-state index contributed by atoms with van der Waals surface area (Å²) in [4.78, 5) is 2.67. The minimum absolute atomic E-state index is 0.0264. The van der Waals surface area contributed by atoms with Crippen LogP contribution in [0.3, 0.4) is 0 Å². The molecular formula is C7H13N3O. The van der Waals surface area contributed by atoms with Crippen LogP contribution in [0.2, 0.25) is 0 Å². The van der Waals surface area contributed by atoms with E-state index in [-0.39, 0.29) is 12.6 Å². The molecule has 1 N–H and O–H groups in total. The largest absolute Gasteiger partial charge is 0.392 e. The van der Waals surface area contributed by atoms with Crippen molar-refractivity contribution in [2.24, 2.45) is 5.11 Å². The predicted octanol–water partition coefficient (Wildman–Crippen LogP) is 2.01. The topological polar surface area (TPSA) is 69.0 Å². The summed E-state index contributed by atoms with van der Waals surface area (Å²) >= 11 is 0. The molecule has 0 aliphatic heterocycles. The van der Waals surface area contributed by atoms with Gasteiger partial charge in [-0.05, 0) is 18.9 Å². The molecule has 0 spiro atoms. The number of aliphatic hydroxyl groups excluding tert-OH is 1. The van der Waals surface area contributed by atoms with Gasteiger partial charge in [0.2, 0.25) is 0 Å². The third-order valence-electron chi connectivity index (χ3n) is 1.31. The molecule has 0 rings (SSSR count). The Morgan fingerprint density at radius 2 is 2.45 bits per heavy atom. The van der Waals surface area contributed by atoms with Gasteiger partial charge in [-0.3, -0.25) is 0 Å². The van der Waals surface area contributed by atoms with Crippen LogP contribution in [0.1, 0.15) is 20.3 Å². The van der Waals surface area contributed by atoms with Crippen LogP contribution < -0.4 is 0 Å². The van der Waals surface area contributed by atoms with Crippen LogP contribution in [-0.2, 0) is 0 Å². The number of rotatable bonds is 4. The summed E-state index contributed by atoms with van der Waals surface area (Å²) in [7, 11) is 0. The Morgan fingerprint density at radius 3 is 2.91 bits per heavy atom. The molecule has 0 heterocycles. The van der Waals surface area contributed by atoms with Crippen LogP contribution in [0, 0.1) is 0 Å². The van der Waals surface area contributed by atoms with Crippen molar-refractivity contribution in [1.29, 1.82) is 0 Å². The summed E-state index contributed by atoms with van der Waals surface area (Å²) in [6.07, 6.45) is 2.57. The lowest BCUT2D eigenvalue weighted by Gasteiger charge is -1.99. The monoisotopic (exact) mass is 155 g/mol. The summed E-state index contributed by atoms with van der Waals surface area (Å²) in [5.41, 5.74) is 8.95. The van der Waals surface area contributed by atoms with Gasteiger partial charge in [0, 0.05) is 11.0 Å². The molecule has 0 saturated heterocycles. The second kappa shape index (κ2) is 5.77. The fourth-order valence-corrected chi connectivity index (χ4v) is 0.572. The Balaban J connectivity index is 3.77. The number of aliphatic hydroxyl groups is 1. The zero-order valence-electron chi connectivity index (χ0n) is 6.86. The van der Waals surface area contributed by atoms with Gasteiger partial charge < -0.3 is 5.11 Å². The highest BCUT2D eigenvalue weighted by Crippen LogP contribution is 2.01. The number of nitrogens with zero attached hydrogens (tertiary/aromatic N) is 3. The van der Waals surface area contributed by atoms with Crippen LogP contribution in [0.15, 0.2) is 16.8 Å². The summed E-state index contributed by atoms with van der Waals surface area (Å²) in [5.74, 6) is 0. The second-order valence-electron chi connectivity index (χ2n) is 2.50. The molecule has 0 aliphatic carbocycles. The molecule has 0 aliphatic rings. The molecule has 0 radical (unpaired) electrons. The fourth-order valence-electron chi connectivity index (χ4n) is 0.572. The van der Waals surface area contributed by atoms with Gasteiger partial charge in [-0.2, -0.15) is 0 Å². The van der Waals surface area contributed by atoms with Gasteiger partial charge >= 0.3 is 0 Å². The van der Waals surface area contributed by atoms with Gasteiger partial charge in [0.05, 0.1) is 6.61 Å². The molecule has 0 aromatic heterocycles. The molecular weight excluding hydrogens is 142 g/mol. The lowest BCUT2D eigenvalue weighted by atomic mass is 10.2. The molecule has 62 valence electrons. The first kappa shape index (κ1) is 10.0. The average Bonchev–Trinajstić information content (AvgIpc) is 2.01. The number of azide groups is 1. The summed E-state index contributed by atoms with van der Waals surface area (Å²) in [5, 5.41) is 12.1. The second-order valence-corrected chi connectivity index (χ2v) is 2.50. The lowest BCUT2D eigenvalue weighted by Crippen LogP contribution is -1.94. The zero-order chi connectivity index (χ0) is 8.69. The van der Waals surface area contributed by atoms with E-state index in [0.29, 0.717) is 6.42 Å².